The number of hydrogen-bond acceptors (Lipinski definition) is 2. The molecule has 2 rings (SSSR count). The molecule has 0 radical (unpaired) electrons. The highest BCUT2D eigenvalue weighted by Gasteiger charge is 2.41. The quantitative estimate of drug-likeness (QED) is 0.309. The molecule has 2 atom stereocenters. The van der Waals surface area contributed by atoms with Crippen LogP contribution in [0.4, 0.5) is 8.78 Å². The van der Waals surface area contributed by atoms with Crippen molar-refractivity contribution in [2.45, 2.75) is 63.9 Å². The molecular weight excluding hydrogens is 310 g/mol. The first-order chi connectivity index (χ1) is 11.6. The average molecular weight is 336 g/mol. The van der Waals surface area contributed by atoms with Crippen molar-refractivity contribution in [2.75, 3.05) is 0 Å². The maximum Gasteiger partial charge on any atom is 0.313 e. The van der Waals surface area contributed by atoms with E-state index >= 15 is 0 Å². The van der Waals surface area contributed by atoms with E-state index < -0.39 is 11.6 Å². The zero-order valence-corrected chi connectivity index (χ0v) is 14.1. The van der Waals surface area contributed by atoms with Gasteiger partial charge >= 0.3 is 5.97 Å². The third-order valence-corrected chi connectivity index (χ3v) is 4.58. The molecule has 1 heterocycles. The zero-order valence-electron chi connectivity index (χ0n) is 14.1. The highest BCUT2D eigenvalue weighted by Crippen LogP contribution is 2.31. The molecule has 4 heteroatoms. The Balaban J connectivity index is 1.66. The second-order valence-electron chi connectivity index (χ2n) is 6.53. The molecule has 0 N–H and O–H groups in total. The van der Waals surface area contributed by atoms with Gasteiger partial charge in [0.05, 0.1) is 5.92 Å². The van der Waals surface area contributed by atoms with Crippen molar-refractivity contribution in [3.63, 3.8) is 0 Å². The van der Waals surface area contributed by atoms with E-state index in [4.69, 9.17) is 4.74 Å². The van der Waals surface area contributed by atoms with Gasteiger partial charge in [-0.2, -0.15) is 0 Å². The molecule has 0 aromatic heterocycles. The third kappa shape index (κ3) is 5.73. The van der Waals surface area contributed by atoms with E-state index in [0.29, 0.717) is 18.4 Å². The standard InChI is InChI=1S/C20H26F2O2/c1-2-3-4-5-6-7-8-9-18-19(24-20(18)23)11-10-15-12-16(21)14-17(22)13-15/h2,12-14,18-19H,1,3-11H2/t18-,19-/m1/s1. The van der Waals surface area contributed by atoms with Crippen molar-refractivity contribution in [3.05, 3.63) is 48.1 Å². The summed E-state index contributed by atoms with van der Waals surface area (Å²) in [7, 11) is 0. The number of aryl methyl sites for hydroxylation is 1. The molecule has 1 aromatic carbocycles. The lowest BCUT2D eigenvalue weighted by molar-refractivity contribution is -0.185. The molecule has 1 fully saturated rings. The van der Waals surface area contributed by atoms with Gasteiger partial charge < -0.3 is 4.74 Å². The van der Waals surface area contributed by atoms with Crippen molar-refractivity contribution < 1.29 is 18.3 Å². The maximum absolute atomic E-state index is 13.2. The van der Waals surface area contributed by atoms with Crippen molar-refractivity contribution in [1.29, 1.82) is 0 Å². The largest absolute Gasteiger partial charge is 0.461 e. The molecule has 0 saturated carbocycles. The molecule has 0 spiro atoms. The normalized spacial score (nSPS) is 19.7. The molecule has 2 nitrogen and oxygen atoms in total. The van der Waals surface area contributed by atoms with Gasteiger partial charge in [0.1, 0.15) is 17.7 Å². The zero-order chi connectivity index (χ0) is 17.4. The van der Waals surface area contributed by atoms with Crippen LogP contribution >= 0.6 is 0 Å². The van der Waals surface area contributed by atoms with Gasteiger partial charge in [0.15, 0.2) is 0 Å². The fourth-order valence-electron chi connectivity index (χ4n) is 3.21. The van der Waals surface area contributed by atoms with E-state index in [1.54, 1.807) is 0 Å². The SMILES string of the molecule is C=CCCCCCCC[C@H]1C(=O)O[C@@H]1CCc1cc(F)cc(F)c1. The number of carbonyl (C=O) groups excluding carboxylic acids is 1. The lowest BCUT2D eigenvalue weighted by Crippen LogP contribution is -2.45. The lowest BCUT2D eigenvalue weighted by Gasteiger charge is -2.35. The third-order valence-electron chi connectivity index (χ3n) is 4.58. The van der Waals surface area contributed by atoms with Gasteiger partial charge in [0.2, 0.25) is 0 Å². The summed E-state index contributed by atoms with van der Waals surface area (Å²) >= 11 is 0. The monoisotopic (exact) mass is 336 g/mol. The summed E-state index contributed by atoms with van der Waals surface area (Å²) in [6.07, 6.45) is 10.6. The van der Waals surface area contributed by atoms with Crippen molar-refractivity contribution in [2.24, 2.45) is 5.92 Å². The molecule has 24 heavy (non-hydrogen) atoms. The van der Waals surface area contributed by atoms with E-state index in [1.165, 1.54) is 31.4 Å². The fourth-order valence-corrected chi connectivity index (χ4v) is 3.21. The number of cyclic esters (lactones) is 1. The Bertz CT molecular complexity index is 536. The molecule has 0 bridgehead atoms. The first-order valence-corrected chi connectivity index (χ1v) is 8.86. The van der Waals surface area contributed by atoms with Crippen LogP contribution in [0.1, 0.15) is 56.9 Å². The van der Waals surface area contributed by atoms with Crippen LogP contribution in [0.3, 0.4) is 0 Å². The maximum atomic E-state index is 13.2. The second-order valence-corrected chi connectivity index (χ2v) is 6.53. The molecule has 0 amide bonds. The summed E-state index contributed by atoms with van der Waals surface area (Å²) in [6, 6.07) is 3.54. The van der Waals surface area contributed by atoms with E-state index in [0.717, 1.165) is 31.7 Å². The van der Waals surface area contributed by atoms with Crippen LogP contribution in [0, 0.1) is 17.6 Å². The Morgan fingerprint density at radius 3 is 2.33 bits per heavy atom. The first kappa shape index (κ1) is 18.6. The number of carbonyl (C=O) groups is 1. The van der Waals surface area contributed by atoms with Crippen LogP contribution in [-0.4, -0.2) is 12.1 Å². The minimum atomic E-state index is -0.566. The molecule has 1 aliphatic rings. The van der Waals surface area contributed by atoms with Crippen LogP contribution in [0.5, 0.6) is 0 Å². The number of unbranched alkanes of at least 4 members (excludes halogenated alkanes) is 5. The minimum absolute atomic E-state index is 0.0448. The molecule has 1 aliphatic heterocycles. The van der Waals surface area contributed by atoms with E-state index in [9.17, 15) is 13.6 Å². The van der Waals surface area contributed by atoms with Gasteiger partial charge in [-0.1, -0.05) is 31.8 Å². The van der Waals surface area contributed by atoms with Crippen LogP contribution in [0.2, 0.25) is 0 Å². The molecule has 0 aliphatic carbocycles. The number of benzene rings is 1. The Hall–Kier alpha value is -1.71. The Labute approximate surface area is 142 Å². The van der Waals surface area contributed by atoms with Gasteiger partial charge in [-0.05, 0) is 49.8 Å². The van der Waals surface area contributed by atoms with E-state index in [1.807, 2.05) is 6.08 Å². The van der Waals surface area contributed by atoms with Crippen molar-refractivity contribution in [1.82, 2.24) is 0 Å². The second kappa shape index (κ2) is 9.55. The van der Waals surface area contributed by atoms with E-state index in [2.05, 4.69) is 6.58 Å². The highest BCUT2D eigenvalue weighted by molar-refractivity contribution is 5.78. The van der Waals surface area contributed by atoms with Gasteiger partial charge in [0.25, 0.3) is 0 Å². The summed E-state index contributed by atoms with van der Waals surface area (Å²) in [6.45, 7) is 3.71. The predicted octanol–water partition coefficient (Wildman–Crippen LogP) is 5.36. The van der Waals surface area contributed by atoms with Crippen LogP contribution in [0.15, 0.2) is 30.9 Å². The van der Waals surface area contributed by atoms with Crippen LogP contribution < -0.4 is 0 Å². The summed E-state index contributed by atoms with van der Waals surface area (Å²) in [4.78, 5) is 11.6. The number of allylic oxidation sites excluding steroid dienone is 1. The molecule has 1 saturated heterocycles. The molecular formula is C20H26F2O2. The first-order valence-electron chi connectivity index (χ1n) is 8.86. The van der Waals surface area contributed by atoms with Gasteiger partial charge in [0, 0.05) is 6.07 Å². The Kier molecular flexibility index (Phi) is 7.41. The minimum Gasteiger partial charge on any atom is -0.461 e. The van der Waals surface area contributed by atoms with Gasteiger partial charge in [-0.15, -0.1) is 6.58 Å². The number of hydrogen-bond donors (Lipinski definition) is 0. The highest BCUT2D eigenvalue weighted by atomic mass is 19.1. The molecule has 0 unspecified atom stereocenters. The number of esters is 1. The topological polar surface area (TPSA) is 26.3 Å². The summed E-state index contributed by atoms with van der Waals surface area (Å²) in [5.41, 5.74) is 0.608. The Morgan fingerprint density at radius 2 is 1.67 bits per heavy atom. The number of halogens is 2. The number of ether oxygens (including phenoxy) is 1. The number of rotatable bonds is 11. The summed E-state index contributed by atoms with van der Waals surface area (Å²) < 4.78 is 31.6. The Morgan fingerprint density at radius 1 is 1.00 bits per heavy atom. The van der Waals surface area contributed by atoms with Crippen molar-refractivity contribution >= 4 is 5.97 Å². The summed E-state index contributed by atoms with van der Waals surface area (Å²) in [5.74, 6) is -1.30. The smallest absolute Gasteiger partial charge is 0.313 e. The van der Waals surface area contributed by atoms with Gasteiger partial charge in [-0.3, -0.25) is 4.79 Å². The van der Waals surface area contributed by atoms with Gasteiger partial charge in [-0.25, -0.2) is 8.78 Å². The average Bonchev–Trinajstić information content (AvgIpc) is 2.53. The van der Waals surface area contributed by atoms with Crippen LogP contribution in [0.25, 0.3) is 0 Å². The summed E-state index contributed by atoms with van der Waals surface area (Å²) in [5, 5.41) is 0. The van der Waals surface area contributed by atoms with Crippen LogP contribution in [-0.2, 0) is 16.0 Å². The predicted molar refractivity (Wildman–Crippen MR) is 90.6 cm³/mol. The fraction of sp³-hybridized carbons (Fsp3) is 0.550. The van der Waals surface area contributed by atoms with Crippen molar-refractivity contribution in [3.8, 4) is 0 Å². The van der Waals surface area contributed by atoms with E-state index in [-0.39, 0.29) is 18.0 Å². The molecule has 1 aromatic rings. The lowest BCUT2D eigenvalue weighted by atomic mass is 9.87. The molecule has 132 valence electrons.